The van der Waals surface area contributed by atoms with Crippen LogP contribution in [0.2, 0.25) is 0 Å². The fraction of sp³-hybridized carbons (Fsp3) is 0.647. The molecule has 1 saturated heterocycles. The highest BCUT2D eigenvalue weighted by Gasteiger charge is 2.13. The first-order chi connectivity index (χ1) is 9.36. The molecule has 0 radical (unpaired) electrons. The minimum Gasteiger partial charge on any atom is -0.493 e. The molecule has 19 heavy (non-hydrogen) atoms. The van der Waals surface area contributed by atoms with Crippen molar-refractivity contribution in [2.45, 2.75) is 45.4 Å². The van der Waals surface area contributed by atoms with E-state index >= 15 is 0 Å². The molecule has 106 valence electrons. The Balaban J connectivity index is 1.47. The monoisotopic (exact) mass is 262 g/mol. The molecule has 1 heterocycles. The van der Waals surface area contributed by atoms with Crippen LogP contribution in [0.4, 0.5) is 0 Å². The van der Waals surface area contributed by atoms with Gasteiger partial charge in [-0.2, -0.15) is 0 Å². The third-order valence-corrected chi connectivity index (χ3v) is 4.09. The Morgan fingerprint density at radius 3 is 2.53 bits per heavy atom. The van der Waals surface area contributed by atoms with Crippen LogP contribution in [-0.2, 0) is 0 Å². The topological polar surface area (TPSA) is 13.7 Å². The van der Waals surface area contributed by atoms with E-state index in [4.69, 9.17) is 4.74 Å². The van der Waals surface area contributed by atoms with Gasteiger partial charge in [0.25, 0.3) is 0 Å². The second-order valence-electron chi connectivity index (χ2n) is 5.74. The molecule has 1 aromatic carbocycles. The molecule has 2 rings (SSSR count). The Hall–Kier alpha value is -1.02. The van der Waals surface area contributed by atoms with Crippen LogP contribution < -0.4 is 9.64 Å². The summed E-state index contributed by atoms with van der Waals surface area (Å²) in [6, 6.07) is 8.27. The standard InChI is InChI=1S/C17H27NO/c1-16-10-4-5-11-17(16)19-15-9-3-2-6-12-18-13-7-8-14-18/h4-5,10-11H,2-3,6-9,12-15H2,1H3/p+1. The number of ether oxygens (including phenoxy) is 1. The molecule has 1 aliphatic rings. The summed E-state index contributed by atoms with van der Waals surface area (Å²) in [6.07, 6.45) is 8.13. The fourth-order valence-corrected chi connectivity index (χ4v) is 2.86. The molecule has 2 heteroatoms. The van der Waals surface area contributed by atoms with Crippen LogP contribution in [0, 0.1) is 6.92 Å². The predicted molar refractivity (Wildman–Crippen MR) is 79.9 cm³/mol. The molecule has 0 spiro atoms. The van der Waals surface area contributed by atoms with Gasteiger partial charge in [-0.05, 0) is 44.2 Å². The van der Waals surface area contributed by atoms with E-state index in [0.29, 0.717) is 0 Å². The number of benzene rings is 1. The van der Waals surface area contributed by atoms with Crippen LogP contribution in [0.5, 0.6) is 5.75 Å². The summed E-state index contributed by atoms with van der Waals surface area (Å²) in [6.45, 7) is 7.18. The number of likely N-dealkylation sites (tertiary alicyclic amines) is 1. The minimum absolute atomic E-state index is 0.863. The number of aryl methyl sites for hydroxylation is 1. The van der Waals surface area contributed by atoms with E-state index in [1.807, 2.05) is 11.0 Å². The van der Waals surface area contributed by atoms with E-state index < -0.39 is 0 Å². The average Bonchev–Trinajstić information content (AvgIpc) is 2.93. The first kappa shape index (κ1) is 14.4. The van der Waals surface area contributed by atoms with Gasteiger partial charge >= 0.3 is 0 Å². The van der Waals surface area contributed by atoms with Crippen LogP contribution in [0.3, 0.4) is 0 Å². The number of quaternary nitrogens is 1. The second kappa shape index (κ2) is 8.21. The summed E-state index contributed by atoms with van der Waals surface area (Å²) in [5.41, 5.74) is 1.24. The van der Waals surface area contributed by atoms with Crippen molar-refractivity contribution in [1.29, 1.82) is 0 Å². The van der Waals surface area contributed by atoms with Gasteiger partial charge in [-0.1, -0.05) is 18.2 Å². The van der Waals surface area contributed by atoms with Gasteiger partial charge in [-0.25, -0.2) is 0 Å². The number of hydrogen-bond acceptors (Lipinski definition) is 1. The molecule has 0 aliphatic carbocycles. The molecule has 0 atom stereocenters. The van der Waals surface area contributed by atoms with Gasteiger partial charge in [0.1, 0.15) is 5.75 Å². The number of hydrogen-bond donors (Lipinski definition) is 1. The fourth-order valence-electron chi connectivity index (χ4n) is 2.86. The largest absolute Gasteiger partial charge is 0.493 e. The van der Waals surface area contributed by atoms with Gasteiger partial charge in [-0.15, -0.1) is 0 Å². The normalized spacial score (nSPS) is 15.8. The summed E-state index contributed by atoms with van der Waals surface area (Å²) in [5, 5.41) is 0. The maximum Gasteiger partial charge on any atom is 0.122 e. The molecule has 0 unspecified atom stereocenters. The molecule has 1 fully saturated rings. The molecule has 2 nitrogen and oxygen atoms in total. The lowest BCUT2D eigenvalue weighted by Crippen LogP contribution is -3.09. The first-order valence-corrected chi connectivity index (χ1v) is 7.88. The van der Waals surface area contributed by atoms with Crippen molar-refractivity contribution < 1.29 is 9.64 Å². The Morgan fingerprint density at radius 2 is 1.74 bits per heavy atom. The van der Waals surface area contributed by atoms with E-state index in [0.717, 1.165) is 12.4 Å². The smallest absolute Gasteiger partial charge is 0.122 e. The maximum atomic E-state index is 5.81. The van der Waals surface area contributed by atoms with Crippen molar-refractivity contribution in [3.63, 3.8) is 0 Å². The highest BCUT2D eigenvalue weighted by molar-refractivity contribution is 5.31. The summed E-state index contributed by atoms with van der Waals surface area (Å²) < 4.78 is 5.81. The summed E-state index contributed by atoms with van der Waals surface area (Å²) in [4.78, 5) is 1.83. The second-order valence-corrected chi connectivity index (χ2v) is 5.74. The van der Waals surface area contributed by atoms with Gasteiger partial charge in [0, 0.05) is 12.8 Å². The molecule has 0 bridgehead atoms. The maximum absolute atomic E-state index is 5.81. The van der Waals surface area contributed by atoms with Gasteiger partial charge in [0.15, 0.2) is 0 Å². The molecule has 0 amide bonds. The van der Waals surface area contributed by atoms with Gasteiger partial charge in [0.2, 0.25) is 0 Å². The Bertz CT molecular complexity index is 358. The van der Waals surface area contributed by atoms with Crippen molar-refractivity contribution >= 4 is 0 Å². The van der Waals surface area contributed by atoms with E-state index in [1.54, 1.807) is 0 Å². The van der Waals surface area contributed by atoms with Gasteiger partial charge in [0.05, 0.1) is 26.2 Å². The van der Waals surface area contributed by atoms with E-state index in [1.165, 1.54) is 63.7 Å². The van der Waals surface area contributed by atoms with Crippen molar-refractivity contribution in [3.05, 3.63) is 29.8 Å². The molecule has 0 saturated carbocycles. The summed E-state index contributed by atoms with van der Waals surface area (Å²) >= 11 is 0. The van der Waals surface area contributed by atoms with E-state index in [-0.39, 0.29) is 0 Å². The zero-order valence-electron chi connectivity index (χ0n) is 12.3. The van der Waals surface area contributed by atoms with Crippen molar-refractivity contribution in [1.82, 2.24) is 0 Å². The van der Waals surface area contributed by atoms with Gasteiger partial charge in [-0.3, -0.25) is 0 Å². The van der Waals surface area contributed by atoms with E-state index in [9.17, 15) is 0 Å². The Morgan fingerprint density at radius 1 is 1.00 bits per heavy atom. The highest BCUT2D eigenvalue weighted by atomic mass is 16.5. The van der Waals surface area contributed by atoms with Crippen LogP contribution in [0.15, 0.2) is 24.3 Å². The highest BCUT2D eigenvalue weighted by Crippen LogP contribution is 2.16. The lowest BCUT2D eigenvalue weighted by Gasteiger charge is -2.11. The molecule has 1 aliphatic heterocycles. The zero-order valence-corrected chi connectivity index (χ0v) is 12.3. The lowest BCUT2D eigenvalue weighted by molar-refractivity contribution is -0.887. The summed E-state index contributed by atoms with van der Waals surface area (Å²) in [5.74, 6) is 1.05. The lowest BCUT2D eigenvalue weighted by atomic mass is 10.2. The Kier molecular flexibility index (Phi) is 6.22. The third kappa shape index (κ3) is 5.23. The van der Waals surface area contributed by atoms with Crippen molar-refractivity contribution in [2.75, 3.05) is 26.2 Å². The number of para-hydroxylation sites is 1. The van der Waals surface area contributed by atoms with Crippen LogP contribution >= 0.6 is 0 Å². The van der Waals surface area contributed by atoms with Crippen molar-refractivity contribution in [2.24, 2.45) is 0 Å². The molecule has 1 aromatic rings. The molecule has 0 aromatic heterocycles. The number of nitrogens with one attached hydrogen (secondary N) is 1. The molecular weight excluding hydrogens is 234 g/mol. The third-order valence-electron chi connectivity index (χ3n) is 4.09. The van der Waals surface area contributed by atoms with Gasteiger partial charge < -0.3 is 9.64 Å². The summed E-state index contributed by atoms with van der Waals surface area (Å²) in [7, 11) is 0. The molecular formula is C17H28NO+. The first-order valence-electron chi connectivity index (χ1n) is 7.88. The minimum atomic E-state index is 0.863. The molecule has 1 N–H and O–H groups in total. The quantitative estimate of drug-likeness (QED) is 0.711. The van der Waals surface area contributed by atoms with Crippen LogP contribution in [0.25, 0.3) is 0 Å². The average molecular weight is 262 g/mol. The zero-order chi connectivity index (χ0) is 13.3. The SMILES string of the molecule is Cc1ccccc1OCCCCCC[NH+]1CCCC1. The number of rotatable bonds is 8. The van der Waals surface area contributed by atoms with E-state index in [2.05, 4.69) is 25.1 Å². The Labute approximate surface area is 117 Å². The van der Waals surface area contributed by atoms with Crippen molar-refractivity contribution in [3.8, 4) is 5.75 Å². The number of unbranched alkanes of at least 4 members (excludes halogenated alkanes) is 3. The predicted octanol–water partition coefficient (Wildman–Crippen LogP) is 2.61. The van der Waals surface area contributed by atoms with Crippen LogP contribution in [-0.4, -0.2) is 26.2 Å². The van der Waals surface area contributed by atoms with Crippen LogP contribution in [0.1, 0.15) is 44.1 Å².